The van der Waals surface area contributed by atoms with Gasteiger partial charge in [-0.15, -0.1) is 0 Å². The van der Waals surface area contributed by atoms with Gasteiger partial charge in [-0.2, -0.15) is 14.6 Å². The fraction of sp³-hybridized carbons (Fsp3) is 0.550. The Bertz CT molecular complexity index is 978. The highest BCUT2D eigenvalue weighted by Gasteiger charge is 2.25. The minimum absolute atomic E-state index is 0.0989. The largest absolute Gasteiger partial charge is 0.460 e. The van der Waals surface area contributed by atoms with E-state index in [4.69, 9.17) is 14.5 Å². The topological polar surface area (TPSA) is 103 Å². The molecule has 0 radical (unpaired) electrons. The highest BCUT2D eigenvalue weighted by atomic mass is 16.5. The molecule has 2 aliphatic rings. The van der Waals surface area contributed by atoms with Crippen LogP contribution in [0, 0.1) is 6.92 Å². The number of aromatic nitrogens is 6. The summed E-state index contributed by atoms with van der Waals surface area (Å²) in [6, 6.07) is 2.81. The number of hydrogen-bond acceptors (Lipinski definition) is 9. The Morgan fingerprint density at radius 2 is 1.83 bits per heavy atom. The molecule has 0 bridgehead atoms. The molecule has 0 spiro atoms. The fourth-order valence-corrected chi connectivity index (χ4v) is 3.94. The lowest BCUT2D eigenvalue weighted by Gasteiger charge is -2.30. The van der Waals surface area contributed by atoms with Crippen molar-refractivity contribution in [3.05, 3.63) is 30.4 Å². The van der Waals surface area contributed by atoms with E-state index < -0.39 is 0 Å². The van der Waals surface area contributed by atoms with E-state index in [0.717, 1.165) is 55.8 Å². The highest BCUT2D eigenvalue weighted by molar-refractivity contribution is 5.52. The third kappa shape index (κ3) is 4.13. The van der Waals surface area contributed by atoms with Gasteiger partial charge in [0.2, 0.25) is 5.95 Å². The van der Waals surface area contributed by atoms with Crippen molar-refractivity contribution >= 4 is 17.4 Å². The molecule has 5 rings (SSSR count). The molecule has 10 heteroatoms. The standard InChI is InChI=1S/C20H26N8O2/c1-14-11-21-19(22-12-14)25-15-2-4-16(5-3-15)30-20-26-18(27-6-8-29-9-7-27)10-17-23-13-24-28(17)20/h10-13,15-16H,2-9H2,1H3,(H,21,22,25). The molecule has 4 heterocycles. The second-order valence-corrected chi connectivity index (χ2v) is 7.85. The van der Waals surface area contributed by atoms with E-state index in [0.29, 0.717) is 31.2 Å². The minimum atomic E-state index is 0.0989. The number of fused-ring (bicyclic) bond motifs is 1. The molecule has 0 amide bonds. The van der Waals surface area contributed by atoms with Gasteiger partial charge in [0.1, 0.15) is 18.2 Å². The molecule has 1 aliphatic heterocycles. The van der Waals surface area contributed by atoms with Gasteiger partial charge in [0.15, 0.2) is 5.65 Å². The van der Waals surface area contributed by atoms with Crippen molar-refractivity contribution in [1.29, 1.82) is 0 Å². The molecule has 2 fully saturated rings. The smallest absolute Gasteiger partial charge is 0.321 e. The van der Waals surface area contributed by atoms with Crippen LogP contribution in [0.4, 0.5) is 11.8 Å². The molecule has 3 aromatic rings. The summed E-state index contributed by atoms with van der Waals surface area (Å²) in [5.74, 6) is 1.55. The van der Waals surface area contributed by atoms with E-state index >= 15 is 0 Å². The summed E-state index contributed by atoms with van der Waals surface area (Å²) in [5.41, 5.74) is 1.80. The van der Waals surface area contributed by atoms with Crippen molar-refractivity contribution < 1.29 is 9.47 Å². The maximum atomic E-state index is 6.31. The van der Waals surface area contributed by atoms with E-state index in [2.05, 4.69) is 30.3 Å². The quantitative estimate of drug-likeness (QED) is 0.675. The van der Waals surface area contributed by atoms with Crippen LogP contribution < -0.4 is 15.0 Å². The molecule has 1 saturated heterocycles. The maximum absolute atomic E-state index is 6.31. The van der Waals surface area contributed by atoms with Crippen LogP contribution in [0.25, 0.3) is 5.65 Å². The van der Waals surface area contributed by atoms with Crippen LogP contribution in [0.5, 0.6) is 6.01 Å². The number of aryl methyl sites for hydroxylation is 1. The number of hydrogen-bond donors (Lipinski definition) is 1. The Balaban J connectivity index is 1.24. The highest BCUT2D eigenvalue weighted by Crippen LogP contribution is 2.26. The fourth-order valence-electron chi connectivity index (χ4n) is 3.94. The molecule has 10 nitrogen and oxygen atoms in total. The summed E-state index contributed by atoms with van der Waals surface area (Å²) >= 11 is 0. The van der Waals surface area contributed by atoms with E-state index in [9.17, 15) is 0 Å². The molecule has 3 aromatic heterocycles. The van der Waals surface area contributed by atoms with Gasteiger partial charge >= 0.3 is 6.01 Å². The number of nitrogens with zero attached hydrogens (tertiary/aromatic N) is 7. The van der Waals surface area contributed by atoms with Crippen LogP contribution in [0.3, 0.4) is 0 Å². The van der Waals surface area contributed by atoms with Crippen LogP contribution in [0.2, 0.25) is 0 Å². The van der Waals surface area contributed by atoms with E-state index in [-0.39, 0.29) is 6.10 Å². The van der Waals surface area contributed by atoms with Crippen molar-refractivity contribution in [3.8, 4) is 6.01 Å². The summed E-state index contributed by atoms with van der Waals surface area (Å²) in [6.07, 6.45) is 9.15. The number of ether oxygens (including phenoxy) is 2. The van der Waals surface area contributed by atoms with E-state index in [1.54, 1.807) is 4.52 Å². The molecule has 1 saturated carbocycles. The van der Waals surface area contributed by atoms with E-state index in [1.807, 2.05) is 25.4 Å². The summed E-state index contributed by atoms with van der Waals surface area (Å²) in [5, 5.41) is 7.72. The summed E-state index contributed by atoms with van der Waals surface area (Å²) in [7, 11) is 0. The third-order valence-corrected chi connectivity index (χ3v) is 5.62. The zero-order valence-corrected chi connectivity index (χ0v) is 17.1. The molecule has 0 atom stereocenters. The average molecular weight is 410 g/mol. The Labute approximate surface area is 174 Å². The predicted molar refractivity (Wildman–Crippen MR) is 111 cm³/mol. The number of nitrogens with one attached hydrogen (secondary N) is 1. The van der Waals surface area contributed by atoms with Crippen LogP contribution in [-0.4, -0.2) is 68.0 Å². The Kier molecular flexibility index (Phi) is 5.31. The monoisotopic (exact) mass is 410 g/mol. The van der Waals surface area contributed by atoms with Crippen molar-refractivity contribution in [2.75, 3.05) is 36.5 Å². The van der Waals surface area contributed by atoms with Crippen molar-refractivity contribution in [1.82, 2.24) is 29.5 Å². The van der Waals surface area contributed by atoms with Crippen LogP contribution >= 0.6 is 0 Å². The van der Waals surface area contributed by atoms with Crippen molar-refractivity contribution in [3.63, 3.8) is 0 Å². The van der Waals surface area contributed by atoms with Gasteiger partial charge in [-0.3, -0.25) is 0 Å². The summed E-state index contributed by atoms with van der Waals surface area (Å²) < 4.78 is 13.4. The van der Waals surface area contributed by atoms with Gasteiger partial charge in [-0.25, -0.2) is 15.0 Å². The van der Waals surface area contributed by atoms with Gasteiger partial charge in [0.05, 0.1) is 13.2 Å². The number of rotatable bonds is 5. The number of anilines is 2. The Hall–Kier alpha value is -3.01. The first-order valence-corrected chi connectivity index (χ1v) is 10.5. The molecule has 1 aliphatic carbocycles. The van der Waals surface area contributed by atoms with Crippen LogP contribution in [-0.2, 0) is 4.74 Å². The Morgan fingerprint density at radius 3 is 2.60 bits per heavy atom. The van der Waals surface area contributed by atoms with Gasteiger partial charge in [0.25, 0.3) is 0 Å². The van der Waals surface area contributed by atoms with Crippen LogP contribution in [0.15, 0.2) is 24.8 Å². The van der Waals surface area contributed by atoms with Crippen molar-refractivity contribution in [2.45, 2.75) is 44.8 Å². The van der Waals surface area contributed by atoms with Crippen molar-refractivity contribution in [2.24, 2.45) is 0 Å². The van der Waals surface area contributed by atoms with Gasteiger partial charge < -0.3 is 19.7 Å². The summed E-state index contributed by atoms with van der Waals surface area (Å²) in [4.78, 5) is 20.0. The second kappa shape index (κ2) is 8.39. The van der Waals surface area contributed by atoms with Crippen LogP contribution in [0.1, 0.15) is 31.2 Å². The summed E-state index contributed by atoms with van der Waals surface area (Å²) in [6.45, 7) is 5.03. The third-order valence-electron chi connectivity index (χ3n) is 5.62. The molecule has 30 heavy (non-hydrogen) atoms. The maximum Gasteiger partial charge on any atom is 0.321 e. The van der Waals surface area contributed by atoms with Gasteiger partial charge in [-0.1, -0.05) is 0 Å². The molecule has 158 valence electrons. The second-order valence-electron chi connectivity index (χ2n) is 7.85. The van der Waals surface area contributed by atoms with Gasteiger partial charge in [0, 0.05) is 37.6 Å². The Morgan fingerprint density at radius 1 is 1.07 bits per heavy atom. The first kappa shape index (κ1) is 19.0. The van der Waals surface area contributed by atoms with Gasteiger partial charge in [-0.05, 0) is 38.2 Å². The minimum Gasteiger partial charge on any atom is -0.460 e. The molecular weight excluding hydrogens is 384 g/mol. The first-order chi connectivity index (χ1) is 14.7. The molecule has 0 unspecified atom stereocenters. The van der Waals surface area contributed by atoms with E-state index in [1.165, 1.54) is 6.33 Å². The predicted octanol–water partition coefficient (Wildman–Crippen LogP) is 1.86. The lowest BCUT2D eigenvalue weighted by atomic mass is 9.93. The first-order valence-electron chi connectivity index (χ1n) is 10.5. The number of morpholine rings is 1. The molecule has 0 aromatic carbocycles. The molecular formula is C20H26N8O2. The lowest BCUT2D eigenvalue weighted by molar-refractivity contribution is 0.121. The zero-order valence-electron chi connectivity index (χ0n) is 17.1. The lowest BCUT2D eigenvalue weighted by Crippen LogP contribution is -2.37. The SMILES string of the molecule is Cc1cnc(NC2CCC(Oc3nc(N4CCOCC4)cc4ncnn34)CC2)nc1. The normalized spacial score (nSPS) is 22.2. The zero-order chi connectivity index (χ0) is 20.3. The molecule has 1 N–H and O–H groups in total. The average Bonchev–Trinajstić information content (AvgIpc) is 3.26.